The summed E-state index contributed by atoms with van der Waals surface area (Å²) in [5.41, 5.74) is 0. The molecule has 0 aromatic heterocycles. The molecule has 1 heteroatoms. The van der Waals surface area contributed by atoms with E-state index in [0.717, 1.165) is 6.54 Å². The second-order valence-corrected chi connectivity index (χ2v) is 1.60. The molecule has 0 aliphatic carbocycles. The van der Waals surface area contributed by atoms with Crippen molar-refractivity contribution in [2.75, 3.05) is 6.54 Å². The third-order valence-electron chi connectivity index (χ3n) is 1.07. The summed E-state index contributed by atoms with van der Waals surface area (Å²) < 4.78 is 0. The molecule has 1 N–H and O–H groups in total. The van der Waals surface area contributed by atoms with Gasteiger partial charge in [0.05, 0.1) is 0 Å². The van der Waals surface area contributed by atoms with Crippen LogP contribution in [0.1, 0.15) is 0 Å². The Morgan fingerprint density at radius 2 is 2.71 bits per heavy atom. The minimum absolute atomic E-state index is 0.431. The van der Waals surface area contributed by atoms with Crippen LogP contribution in [0.2, 0.25) is 0 Å². The fourth-order valence-corrected chi connectivity index (χ4v) is 0.649. The fraction of sp³-hybridized carbons (Fsp3) is 0.333. The maximum Gasteiger partial charge on any atom is 0.0435 e. The Morgan fingerprint density at radius 1 is 1.86 bits per heavy atom. The van der Waals surface area contributed by atoms with Crippen molar-refractivity contribution >= 4 is 0 Å². The zero-order valence-corrected chi connectivity index (χ0v) is 4.22. The van der Waals surface area contributed by atoms with Gasteiger partial charge in [0.1, 0.15) is 0 Å². The lowest BCUT2D eigenvalue weighted by atomic mass is 10.3. The maximum absolute atomic E-state index is 3.63. The van der Waals surface area contributed by atoms with Gasteiger partial charge in [-0.05, 0) is 0 Å². The summed E-state index contributed by atoms with van der Waals surface area (Å²) in [6.07, 6.45) is 6.10. The first-order valence-electron chi connectivity index (χ1n) is 2.46. The molecule has 1 rings (SSSR count). The highest BCUT2D eigenvalue weighted by molar-refractivity contribution is 5.09. The second kappa shape index (κ2) is 1.94. The third kappa shape index (κ3) is 0.904. The zero-order chi connectivity index (χ0) is 5.11. The van der Waals surface area contributed by atoms with E-state index < -0.39 is 0 Å². The van der Waals surface area contributed by atoms with E-state index in [1.54, 1.807) is 0 Å². The average molecular weight is 95.1 g/mol. The Bertz CT molecular complexity index is 94.4. The van der Waals surface area contributed by atoms with Crippen molar-refractivity contribution in [3.05, 3.63) is 24.8 Å². The van der Waals surface area contributed by atoms with Crippen LogP contribution in [0.5, 0.6) is 0 Å². The van der Waals surface area contributed by atoms with Crippen LogP contribution >= 0.6 is 0 Å². The first-order chi connectivity index (χ1) is 3.43. The molecular formula is C6H9N. The van der Waals surface area contributed by atoms with E-state index in [4.69, 9.17) is 0 Å². The normalized spacial score (nSPS) is 28.3. The van der Waals surface area contributed by atoms with Gasteiger partial charge in [-0.1, -0.05) is 18.2 Å². The monoisotopic (exact) mass is 95.1 g/mol. The summed E-state index contributed by atoms with van der Waals surface area (Å²) in [5, 5.41) is 3.18. The van der Waals surface area contributed by atoms with Gasteiger partial charge in [-0.2, -0.15) is 0 Å². The van der Waals surface area contributed by atoms with Gasteiger partial charge in [0.15, 0.2) is 0 Å². The molecule has 0 aromatic carbocycles. The molecule has 1 heterocycles. The van der Waals surface area contributed by atoms with Gasteiger partial charge in [0.2, 0.25) is 0 Å². The summed E-state index contributed by atoms with van der Waals surface area (Å²) in [4.78, 5) is 0. The average Bonchev–Trinajstić information content (AvgIpc) is 2.14. The highest BCUT2D eigenvalue weighted by atomic mass is 14.9. The van der Waals surface area contributed by atoms with Crippen molar-refractivity contribution in [3.8, 4) is 0 Å². The molecule has 0 aromatic rings. The Morgan fingerprint density at radius 3 is 3.00 bits per heavy atom. The molecular weight excluding hydrogens is 86.1 g/mol. The highest BCUT2D eigenvalue weighted by Gasteiger charge is 1.99. The summed E-state index contributed by atoms with van der Waals surface area (Å²) >= 11 is 0. The second-order valence-electron chi connectivity index (χ2n) is 1.60. The Balaban J connectivity index is 2.42. The molecule has 1 aliphatic rings. The molecule has 1 unspecified atom stereocenters. The van der Waals surface area contributed by atoms with E-state index in [1.807, 2.05) is 6.08 Å². The summed E-state index contributed by atoms with van der Waals surface area (Å²) in [6, 6.07) is 0.431. The predicted octanol–water partition coefficient (Wildman–Crippen LogP) is 0.700. The van der Waals surface area contributed by atoms with Crippen LogP contribution in [0, 0.1) is 0 Å². The highest BCUT2D eigenvalue weighted by Crippen LogP contribution is 1.92. The van der Waals surface area contributed by atoms with Crippen molar-refractivity contribution < 1.29 is 0 Å². The number of nitrogens with one attached hydrogen (secondary N) is 1. The first kappa shape index (κ1) is 4.60. The van der Waals surface area contributed by atoms with Crippen LogP contribution in [0.3, 0.4) is 0 Å². The SMILES string of the molecule is C=CC1C=CCN1. The number of rotatable bonds is 1. The van der Waals surface area contributed by atoms with Crippen molar-refractivity contribution in [1.82, 2.24) is 5.32 Å². The van der Waals surface area contributed by atoms with Crippen molar-refractivity contribution in [3.63, 3.8) is 0 Å². The fourth-order valence-electron chi connectivity index (χ4n) is 0.649. The molecule has 7 heavy (non-hydrogen) atoms. The molecule has 38 valence electrons. The maximum atomic E-state index is 3.63. The van der Waals surface area contributed by atoms with Crippen LogP contribution in [0.25, 0.3) is 0 Å². The summed E-state index contributed by atoms with van der Waals surface area (Å²) in [6.45, 7) is 4.63. The smallest absolute Gasteiger partial charge is 0.0435 e. The Kier molecular flexibility index (Phi) is 1.27. The first-order valence-corrected chi connectivity index (χ1v) is 2.46. The van der Waals surface area contributed by atoms with Gasteiger partial charge < -0.3 is 5.32 Å². The molecule has 0 saturated carbocycles. The van der Waals surface area contributed by atoms with Crippen LogP contribution < -0.4 is 5.32 Å². The van der Waals surface area contributed by atoms with E-state index in [1.165, 1.54) is 0 Å². The molecule has 0 saturated heterocycles. The van der Waals surface area contributed by atoms with E-state index in [9.17, 15) is 0 Å². The van der Waals surface area contributed by atoms with E-state index in [-0.39, 0.29) is 0 Å². The van der Waals surface area contributed by atoms with Crippen molar-refractivity contribution in [2.24, 2.45) is 0 Å². The minimum Gasteiger partial charge on any atom is -0.304 e. The quantitative estimate of drug-likeness (QED) is 0.473. The molecule has 1 nitrogen and oxygen atoms in total. The minimum atomic E-state index is 0.431. The lowest BCUT2D eigenvalue weighted by molar-refractivity contribution is 0.783. The summed E-state index contributed by atoms with van der Waals surface area (Å²) in [7, 11) is 0. The van der Waals surface area contributed by atoms with Gasteiger partial charge >= 0.3 is 0 Å². The predicted molar refractivity (Wildman–Crippen MR) is 31.1 cm³/mol. The topological polar surface area (TPSA) is 12.0 Å². The number of hydrogen-bond acceptors (Lipinski definition) is 1. The molecule has 0 spiro atoms. The zero-order valence-electron chi connectivity index (χ0n) is 4.22. The molecule has 1 aliphatic heterocycles. The van der Waals surface area contributed by atoms with Crippen LogP contribution in [0.15, 0.2) is 24.8 Å². The molecule has 0 radical (unpaired) electrons. The van der Waals surface area contributed by atoms with Gasteiger partial charge in [0, 0.05) is 12.6 Å². The van der Waals surface area contributed by atoms with E-state index in [2.05, 4.69) is 24.0 Å². The molecule has 0 amide bonds. The van der Waals surface area contributed by atoms with E-state index in [0.29, 0.717) is 6.04 Å². The molecule has 1 atom stereocenters. The number of hydrogen-bond donors (Lipinski definition) is 1. The largest absolute Gasteiger partial charge is 0.304 e. The lowest BCUT2D eigenvalue weighted by Crippen LogP contribution is -2.18. The third-order valence-corrected chi connectivity index (χ3v) is 1.07. The molecule has 0 bridgehead atoms. The molecule has 0 fully saturated rings. The van der Waals surface area contributed by atoms with E-state index >= 15 is 0 Å². The summed E-state index contributed by atoms with van der Waals surface area (Å²) in [5.74, 6) is 0. The standard InChI is InChI=1S/C6H9N/c1-2-6-4-3-5-7-6/h2-4,6-7H,1,5H2. The van der Waals surface area contributed by atoms with Crippen LogP contribution in [0.4, 0.5) is 0 Å². The lowest BCUT2D eigenvalue weighted by Gasteiger charge is -1.97. The van der Waals surface area contributed by atoms with Gasteiger partial charge in [-0.3, -0.25) is 0 Å². The van der Waals surface area contributed by atoms with Crippen molar-refractivity contribution in [1.29, 1.82) is 0 Å². The van der Waals surface area contributed by atoms with Crippen molar-refractivity contribution in [2.45, 2.75) is 6.04 Å². The Labute approximate surface area is 43.7 Å². The van der Waals surface area contributed by atoms with Crippen LogP contribution in [-0.2, 0) is 0 Å². The van der Waals surface area contributed by atoms with Gasteiger partial charge in [0.25, 0.3) is 0 Å². The Hall–Kier alpha value is -0.560. The van der Waals surface area contributed by atoms with Gasteiger partial charge in [-0.15, -0.1) is 6.58 Å². The van der Waals surface area contributed by atoms with Gasteiger partial charge in [-0.25, -0.2) is 0 Å². The van der Waals surface area contributed by atoms with Crippen LogP contribution in [-0.4, -0.2) is 12.6 Å².